The number of hydrogen-bond acceptors (Lipinski definition) is 4. The molecule has 0 bridgehead atoms. The maximum absolute atomic E-state index is 14.5. The van der Waals surface area contributed by atoms with E-state index < -0.39 is 13.3 Å². The van der Waals surface area contributed by atoms with Gasteiger partial charge in [-0.2, -0.15) is 0 Å². The molecule has 1 aliphatic heterocycles. The second-order valence-electron chi connectivity index (χ2n) is 9.94. The van der Waals surface area contributed by atoms with Crippen molar-refractivity contribution in [2.75, 3.05) is 31.1 Å². The van der Waals surface area contributed by atoms with E-state index in [2.05, 4.69) is 11.8 Å². The van der Waals surface area contributed by atoms with Gasteiger partial charge in [0.2, 0.25) is 0 Å². The number of rotatable bonds is 6. The molecule has 3 rings (SSSR count). The van der Waals surface area contributed by atoms with Gasteiger partial charge in [-0.25, -0.2) is 4.79 Å². The van der Waals surface area contributed by atoms with Crippen molar-refractivity contribution in [2.45, 2.75) is 47.5 Å². The number of ether oxygens (including phenoxy) is 1. The lowest BCUT2D eigenvalue weighted by atomic mass is 9.98. The molecule has 1 aromatic heterocycles. The average Bonchev–Trinajstić information content (AvgIpc) is 3.14. The second kappa shape index (κ2) is 10.1. The Bertz CT molecular complexity index is 1130. The number of carbonyl (C=O) groups is 1. The number of aryl methyl sites for hydroxylation is 2. The summed E-state index contributed by atoms with van der Waals surface area (Å²) in [5.74, 6) is 5.59. The fourth-order valence-corrected chi connectivity index (χ4v) is 7.43. The van der Waals surface area contributed by atoms with Crippen LogP contribution in [0.25, 0.3) is 0 Å². The lowest BCUT2D eigenvalue weighted by Gasteiger charge is -2.36. The summed E-state index contributed by atoms with van der Waals surface area (Å²) in [5.41, 5.74) is 2.36. The highest BCUT2D eigenvalue weighted by atomic mass is 32.1. The van der Waals surface area contributed by atoms with Gasteiger partial charge in [0.05, 0.1) is 10.6 Å². The largest absolute Gasteiger partial charge is 0.477 e. The summed E-state index contributed by atoms with van der Waals surface area (Å²) >= 11 is 1.16. The van der Waals surface area contributed by atoms with Gasteiger partial charge in [-0.05, 0) is 71.1 Å². The molecule has 0 amide bonds. The summed E-state index contributed by atoms with van der Waals surface area (Å²) in [7, 11) is -3.12. The van der Waals surface area contributed by atoms with E-state index in [-0.39, 0.29) is 16.2 Å². The molecular weight excluding hydrogens is 453 g/mol. The summed E-state index contributed by atoms with van der Waals surface area (Å²) in [4.78, 5) is 13.1. The summed E-state index contributed by atoms with van der Waals surface area (Å²) in [6.07, 6.45) is 1.74. The van der Waals surface area contributed by atoms with E-state index in [1.54, 1.807) is 6.66 Å². The number of benzene rings is 1. The van der Waals surface area contributed by atoms with Gasteiger partial charge in [0.25, 0.3) is 0 Å². The van der Waals surface area contributed by atoms with Crippen molar-refractivity contribution in [1.82, 2.24) is 0 Å². The topological polar surface area (TPSA) is 66.8 Å². The smallest absolute Gasteiger partial charge is 0.348 e. The quantitative estimate of drug-likeness (QED) is 0.404. The summed E-state index contributed by atoms with van der Waals surface area (Å²) in [6.45, 7) is 13.7. The van der Waals surface area contributed by atoms with Crippen LogP contribution in [0.1, 0.15) is 59.3 Å². The number of carboxylic acids is 1. The average molecular weight is 488 g/mol. The molecule has 2 heterocycles. The Hall–Kier alpha value is -2.06. The van der Waals surface area contributed by atoms with Gasteiger partial charge in [-0.15, -0.1) is 11.3 Å². The summed E-state index contributed by atoms with van der Waals surface area (Å²) < 4.78 is 21.9. The fourth-order valence-electron chi connectivity index (χ4n) is 4.07. The Labute approximate surface area is 201 Å². The van der Waals surface area contributed by atoms with Gasteiger partial charge in [0.15, 0.2) is 7.29 Å². The SMILES string of the molecule is Cc1ccc(P(C)(=O)N(CC2CCOCC2)c2cc(C#CC(C)(C)C)sc2C(=O)O)c(C)c1. The maximum Gasteiger partial charge on any atom is 0.348 e. The van der Waals surface area contributed by atoms with Crippen LogP contribution < -0.4 is 9.97 Å². The molecule has 1 fully saturated rings. The number of nitrogens with zero attached hydrogens (tertiary/aromatic N) is 1. The van der Waals surface area contributed by atoms with Gasteiger partial charge in [-0.3, -0.25) is 4.57 Å². The van der Waals surface area contributed by atoms with E-state index in [9.17, 15) is 14.5 Å². The lowest BCUT2D eigenvalue weighted by molar-refractivity contribution is 0.0685. The molecule has 0 aliphatic carbocycles. The fraction of sp³-hybridized carbons (Fsp3) is 0.500. The van der Waals surface area contributed by atoms with Crippen LogP contribution in [0.15, 0.2) is 24.3 Å². The van der Waals surface area contributed by atoms with Gasteiger partial charge in [-0.1, -0.05) is 29.5 Å². The molecule has 1 N–H and O–H groups in total. The zero-order valence-electron chi connectivity index (χ0n) is 20.4. The van der Waals surface area contributed by atoms with Crippen molar-refractivity contribution >= 4 is 35.6 Å². The van der Waals surface area contributed by atoms with E-state index in [4.69, 9.17) is 4.74 Å². The van der Waals surface area contributed by atoms with Crippen molar-refractivity contribution < 1.29 is 19.2 Å². The van der Waals surface area contributed by atoms with Crippen LogP contribution in [-0.2, 0) is 9.30 Å². The highest BCUT2D eigenvalue weighted by Crippen LogP contribution is 2.51. The van der Waals surface area contributed by atoms with Gasteiger partial charge in [0, 0.05) is 37.1 Å². The number of thiophene rings is 1. The molecule has 1 saturated heterocycles. The predicted molar refractivity (Wildman–Crippen MR) is 138 cm³/mol. The molecule has 1 unspecified atom stereocenters. The molecule has 0 saturated carbocycles. The van der Waals surface area contributed by atoms with Crippen molar-refractivity contribution in [3.05, 3.63) is 45.1 Å². The monoisotopic (exact) mass is 487 g/mol. The predicted octanol–water partition coefficient (Wildman–Crippen LogP) is 5.93. The summed E-state index contributed by atoms with van der Waals surface area (Å²) in [5, 5.41) is 10.8. The van der Waals surface area contributed by atoms with Crippen LogP contribution in [0.3, 0.4) is 0 Å². The highest BCUT2D eigenvalue weighted by molar-refractivity contribution is 7.72. The molecule has 178 valence electrons. The highest BCUT2D eigenvalue weighted by Gasteiger charge is 2.35. The lowest BCUT2D eigenvalue weighted by Crippen LogP contribution is -2.34. The minimum absolute atomic E-state index is 0.187. The Balaban J connectivity index is 2.14. The third-order valence-corrected chi connectivity index (χ3v) is 9.50. The Kier molecular flexibility index (Phi) is 7.79. The van der Waals surface area contributed by atoms with Crippen molar-refractivity contribution in [3.63, 3.8) is 0 Å². The van der Waals surface area contributed by atoms with E-state index in [1.807, 2.05) is 63.6 Å². The first-order valence-corrected chi connectivity index (χ1v) is 14.2. The normalized spacial score (nSPS) is 16.5. The molecule has 2 aromatic rings. The second-order valence-corrected chi connectivity index (χ2v) is 13.7. The van der Waals surface area contributed by atoms with Crippen LogP contribution in [0, 0.1) is 37.0 Å². The molecule has 0 radical (unpaired) electrons. The van der Waals surface area contributed by atoms with Crippen molar-refractivity contribution in [2.24, 2.45) is 11.3 Å². The molecule has 33 heavy (non-hydrogen) atoms. The van der Waals surface area contributed by atoms with Crippen molar-refractivity contribution in [3.8, 4) is 11.8 Å². The van der Waals surface area contributed by atoms with Crippen molar-refractivity contribution in [1.29, 1.82) is 0 Å². The standard InChI is InChI=1S/C26H34NO4PS/c1-18-7-8-23(19(2)15-18)32(6,30)27(17-20-10-13-31-14-11-20)22-16-21(9-12-26(3,4)5)33-24(22)25(28)29/h7-8,15-16,20H,10-11,13-14,17H2,1-6H3,(H,28,29). The van der Waals surface area contributed by atoms with Crippen LogP contribution in [-0.4, -0.2) is 37.5 Å². The first-order valence-electron chi connectivity index (χ1n) is 11.3. The molecule has 5 nitrogen and oxygen atoms in total. The van der Waals surface area contributed by atoms with E-state index >= 15 is 0 Å². The minimum atomic E-state index is -3.12. The van der Waals surface area contributed by atoms with Gasteiger partial charge < -0.3 is 14.5 Å². The van der Waals surface area contributed by atoms with Crippen LogP contribution >= 0.6 is 18.6 Å². The van der Waals surface area contributed by atoms with Gasteiger partial charge in [0.1, 0.15) is 4.88 Å². The Morgan fingerprint density at radius 1 is 1.24 bits per heavy atom. The zero-order chi connectivity index (χ0) is 24.4. The maximum atomic E-state index is 14.5. The van der Waals surface area contributed by atoms with Crippen LogP contribution in [0.4, 0.5) is 5.69 Å². The van der Waals surface area contributed by atoms with Crippen LogP contribution in [0.2, 0.25) is 0 Å². The van der Waals surface area contributed by atoms with Gasteiger partial charge >= 0.3 is 5.97 Å². The minimum Gasteiger partial charge on any atom is -0.477 e. The molecular formula is C26H34NO4PS. The zero-order valence-corrected chi connectivity index (χ0v) is 22.1. The Morgan fingerprint density at radius 3 is 2.48 bits per heavy atom. The molecule has 0 spiro atoms. The van der Waals surface area contributed by atoms with E-state index in [0.29, 0.717) is 30.3 Å². The number of aromatic carboxylic acids is 1. The number of hydrogen-bond donors (Lipinski definition) is 1. The molecule has 1 aromatic carbocycles. The first-order chi connectivity index (χ1) is 15.4. The molecule has 1 aliphatic rings. The molecule has 7 heteroatoms. The van der Waals surface area contributed by atoms with Crippen LogP contribution in [0.5, 0.6) is 0 Å². The first kappa shape index (κ1) is 25.6. The van der Waals surface area contributed by atoms with E-state index in [0.717, 1.165) is 40.6 Å². The third-order valence-electron chi connectivity index (χ3n) is 5.78. The number of anilines is 1. The third kappa shape index (κ3) is 6.29. The summed E-state index contributed by atoms with van der Waals surface area (Å²) in [6, 6.07) is 7.74. The van der Waals surface area contributed by atoms with E-state index in [1.165, 1.54) is 0 Å². The Morgan fingerprint density at radius 2 is 1.91 bits per heavy atom. The number of carboxylic acid groups (broad SMARTS) is 1. The molecule has 1 atom stereocenters.